The zero-order chi connectivity index (χ0) is 17.4. The van der Waals surface area contributed by atoms with Crippen molar-refractivity contribution in [2.75, 3.05) is 19.6 Å². The van der Waals surface area contributed by atoms with Gasteiger partial charge in [0.25, 0.3) is 5.91 Å². The van der Waals surface area contributed by atoms with Gasteiger partial charge in [0, 0.05) is 36.1 Å². The molecule has 5 heteroatoms. The van der Waals surface area contributed by atoms with Gasteiger partial charge in [-0.15, -0.1) is 0 Å². The SMILES string of the molecule is CCCCCCNC(=O)C1CCN(C(=O)c2ccc(Cl)cc2)CC1. The summed E-state index contributed by atoms with van der Waals surface area (Å²) < 4.78 is 0. The summed E-state index contributed by atoms with van der Waals surface area (Å²) >= 11 is 5.86. The number of nitrogens with zero attached hydrogens (tertiary/aromatic N) is 1. The van der Waals surface area contributed by atoms with Crippen LogP contribution in [0.15, 0.2) is 24.3 Å². The van der Waals surface area contributed by atoms with E-state index in [-0.39, 0.29) is 17.7 Å². The Bertz CT molecular complexity index is 537. The summed E-state index contributed by atoms with van der Waals surface area (Å²) in [4.78, 5) is 26.5. The molecule has 0 aromatic heterocycles. The maximum Gasteiger partial charge on any atom is 0.253 e. The Morgan fingerprint density at radius 1 is 1.12 bits per heavy atom. The third-order valence-electron chi connectivity index (χ3n) is 4.57. The van der Waals surface area contributed by atoms with E-state index in [0.717, 1.165) is 25.8 Å². The number of amides is 2. The molecule has 1 aromatic rings. The van der Waals surface area contributed by atoms with Crippen LogP contribution in [-0.4, -0.2) is 36.3 Å². The fraction of sp³-hybridized carbons (Fsp3) is 0.579. The van der Waals surface area contributed by atoms with Crippen LogP contribution in [0.4, 0.5) is 0 Å². The molecule has 132 valence electrons. The Morgan fingerprint density at radius 2 is 1.79 bits per heavy atom. The molecule has 0 aliphatic carbocycles. The van der Waals surface area contributed by atoms with Crippen molar-refractivity contribution in [3.63, 3.8) is 0 Å². The first-order valence-corrected chi connectivity index (χ1v) is 9.32. The highest BCUT2D eigenvalue weighted by Crippen LogP contribution is 2.20. The average Bonchev–Trinajstić information content (AvgIpc) is 2.61. The molecule has 0 atom stereocenters. The van der Waals surface area contributed by atoms with Crippen LogP contribution in [0.3, 0.4) is 0 Å². The molecule has 0 spiro atoms. The Labute approximate surface area is 149 Å². The van der Waals surface area contributed by atoms with Gasteiger partial charge in [0.05, 0.1) is 0 Å². The van der Waals surface area contributed by atoms with Gasteiger partial charge < -0.3 is 10.2 Å². The molecular weight excluding hydrogens is 324 g/mol. The number of carbonyl (C=O) groups is 2. The number of benzene rings is 1. The highest BCUT2D eigenvalue weighted by molar-refractivity contribution is 6.30. The maximum absolute atomic E-state index is 12.4. The van der Waals surface area contributed by atoms with Gasteiger partial charge in [-0.3, -0.25) is 9.59 Å². The topological polar surface area (TPSA) is 49.4 Å². The monoisotopic (exact) mass is 350 g/mol. The predicted octanol–water partition coefficient (Wildman–Crippen LogP) is 3.89. The first-order chi connectivity index (χ1) is 11.6. The third-order valence-corrected chi connectivity index (χ3v) is 4.83. The molecular formula is C19H27ClN2O2. The second-order valence-corrected chi connectivity index (χ2v) is 6.86. The number of piperidine rings is 1. The van der Waals surface area contributed by atoms with Crippen LogP contribution in [0.25, 0.3) is 0 Å². The Balaban J connectivity index is 1.73. The van der Waals surface area contributed by atoms with Gasteiger partial charge >= 0.3 is 0 Å². The van der Waals surface area contributed by atoms with E-state index in [0.29, 0.717) is 23.7 Å². The number of nitrogens with one attached hydrogen (secondary N) is 1. The largest absolute Gasteiger partial charge is 0.356 e. The van der Waals surface area contributed by atoms with Crippen molar-refractivity contribution in [1.29, 1.82) is 0 Å². The zero-order valence-corrected chi connectivity index (χ0v) is 15.1. The van der Waals surface area contributed by atoms with Gasteiger partial charge in [0.15, 0.2) is 0 Å². The number of rotatable bonds is 7. The number of carbonyl (C=O) groups excluding carboxylic acids is 2. The second kappa shape index (κ2) is 9.67. The lowest BCUT2D eigenvalue weighted by Crippen LogP contribution is -2.43. The highest BCUT2D eigenvalue weighted by atomic mass is 35.5. The molecule has 1 aromatic carbocycles. The summed E-state index contributed by atoms with van der Waals surface area (Å²) in [5, 5.41) is 3.66. The Morgan fingerprint density at radius 3 is 2.42 bits per heavy atom. The standard InChI is InChI=1S/C19H27ClN2O2/c1-2-3-4-5-12-21-18(23)15-10-13-22(14-11-15)19(24)16-6-8-17(20)9-7-16/h6-9,15H,2-5,10-14H2,1H3,(H,21,23). The lowest BCUT2D eigenvalue weighted by Gasteiger charge is -2.31. The smallest absolute Gasteiger partial charge is 0.253 e. The van der Waals surface area contributed by atoms with Gasteiger partial charge in [0.1, 0.15) is 0 Å². The quantitative estimate of drug-likeness (QED) is 0.758. The first kappa shape index (κ1) is 18.8. The molecule has 0 radical (unpaired) electrons. The second-order valence-electron chi connectivity index (χ2n) is 6.43. The molecule has 0 unspecified atom stereocenters. The first-order valence-electron chi connectivity index (χ1n) is 8.94. The van der Waals surface area contributed by atoms with Gasteiger partial charge in [0.2, 0.25) is 5.91 Å². The average molecular weight is 351 g/mol. The summed E-state index contributed by atoms with van der Waals surface area (Å²) in [6, 6.07) is 6.96. The number of likely N-dealkylation sites (tertiary alicyclic amines) is 1. The molecule has 1 N–H and O–H groups in total. The Kier molecular flexibility index (Phi) is 7.57. The van der Waals surface area contributed by atoms with E-state index < -0.39 is 0 Å². The molecule has 24 heavy (non-hydrogen) atoms. The van der Waals surface area contributed by atoms with Gasteiger partial charge in [-0.05, 0) is 43.5 Å². The molecule has 2 amide bonds. The highest BCUT2D eigenvalue weighted by Gasteiger charge is 2.27. The molecule has 1 aliphatic rings. The number of hydrogen-bond donors (Lipinski definition) is 1. The van der Waals surface area contributed by atoms with Crippen molar-refractivity contribution in [2.24, 2.45) is 5.92 Å². The molecule has 4 nitrogen and oxygen atoms in total. The summed E-state index contributed by atoms with van der Waals surface area (Å²) in [5.74, 6) is 0.195. The van der Waals surface area contributed by atoms with Gasteiger partial charge in [-0.25, -0.2) is 0 Å². The van der Waals surface area contributed by atoms with Crippen LogP contribution in [0.1, 0.15) is 55.8 Å². The fourth-order valence-electron chi connectivity index (χ4n) is 3.03. The minimum atomic E-state index is 0.0186. The number of unbranched alkanes of at least 4 members (excludes halogenated alkanes) is 3. The van der Waals surface area contributed by atoms with E-state index >= 15 is 0 Å². The van der Waals surface area contributed by atoms with Crippen LogP contribution >= 0.6 is 11.6 Å². The van der Waals surface area contributed by atoms with Crippen molar-refractivity contribution in [1.82, 2.24) is 10.2 Å². The zero-order valence-electron chi connectivity index (χ0n) is 14.4. The summed E-state index contributed by atoms with van der Waals surface area (Å²) in [7, 11) is 0. The van der Waals surface area contributed by atoms with Crippen molar-refractivity contribution >= 4 is 23.4 Å². The van der Waals surface area contributed by atoms with Crippen molar-refractivity contribution < 1.29 is 9.59 Å². The van der Waals surface area contributed by atoms with E-state index in [9.17, 15) is 9.59 Å². The van der Waals surface area contributed by atoms with E-state index in [1.54, 1.807) is 24.3 Å². The molecule has 0 saturated carbocycles. The third kappa shape index (κ3) is 5.52. The molecule has 1 saturated heterocycles. The number of halogens is 1. The van der Waals surface area contributed by atoms with Crippen LogP contribution in [0, 0.1) is 5.92 Å². The van der Waals surface area contributed by atoms with Crippen LogP contribution in [0.5, 0.6) is 0 Å². The van der Waals surface area contributed by atoms with Crippen LogP contribution in [-0.2, 0) is 4.79 Å². The molecule has 2 rings (SSSR count). The van der Waals surface area contributed by atoms with E-state index in [4.69, 9.17) is 11.6 Å². The van der Waals surface area contributed by atoms with E-state index in [2.05, 4.69) is 12.2 Å². The van der Waals surface area contributed by atoms with Crippen LogP contribution in [0.2, 0.25) is 5.02 Å². The maximum atomic E-state index is 12.4. The van der Waals surface area contributed by atoms with Crippen molar-refractivity contribution in [3.8, 4) is 0 Å². The molecule has 1 fully saturated rings. The molecule has 1 heterocycles. The molecule has 0 bridgehead atoms. The number of hydrogen-bond acceptors (Lipinski definition) is 2. The minimum absolute atomic E-state index is 0.0186. The summed E-state index contributed by atoms with van der Waals surface area (Å²) in [6.07, 6.45) is 6.12. The van der Waals surface area contributed by atoms with E-state index in [1.165, 1.54) is 19.3 Å². The fourth-order valence-corrected chi connectivity index (χ4v) is 3.15. The summed E-state index contributed by atoms with van der Waals surface area (Å²) in [5.41, 5.74) is 0.651. The lowest BCUT2D eigenvalue weighted by molar-refractivity contribution is -0.126. The Hall–Kier alpha value is -1.55. The summed E-state index contributed by atoms with van der Waals surface area (Å²) in [6.45, 7) is 4.21. The van der Waals surface area contributed by atoms with Crippen molar-refractivity contribution in [2.45, 2.75) is 45.4 Å². The minimum Gasteiger partial charge on any atom is -0.356 e. The van der Waals surface area contributed by atoms with Crippen LogP contribution < -0.4 is 5.32 Å². The van der Waals surface area contributed by atoms with Gasteiger partial charge in [-0.2, -0.15) is 0 Å². The van der Waals surface area contributed by atoms with E-state index in [1.807, 2.05) is 4.90 Å². The van der Waals surface area contributed by atoms with Crippen molar-refractivity contribution in [3.05, 3.63) is 34.9 Å². The normalized spacial score (nSPS) is 15.3. The predicted molar refractivity (Wildman–Crippen MR) is 97.2 cm³/mol. The lowest BCUT2D eigenvalue weighted by atomic mass is 9.95. The molecule has 1 aliphatic heterocycles. The van der Waals surface area contributed by atoms with Gasteiger partial charge in [-0.1, -0.05) is 37.8 Å².